The smallest absolute Gasteiger partial charge is 0.126 e. The van der Waals surface area contributed by atoms with Crippen molar-refractivity contribution in [2.45, 2.75) is 25.8 Å². The number of benzene rings is 2. The molecular formula is C25H23N5. The highest BCUT2D eigenvalue weighted by molar-refractivity contribution is 5.36. The first-order chi connectivity index (χ1) is 14.8. The lowest BCUT2D eigenvalue weighted by Crippen LogP contribution is -2.04. The van der Waals surface area contributed by atoms with E-state index in [1.54, 1.807) is 0 Å². The third-order valence-electron chi connectivity index (χ3n) is 4.92. The number of hydrogen-bond donors (Lipinski definition) is 2. The van der Waals surface area contributed by atoms with E-state index in [0.717, 1.165) is 41.4 Å². The zero-order valence-corrected chi connectivity index (χ0v) is 16.7. The van der Waals surface area contributed by atoms with Crippen LogP contribution < -0.4 is 5.32 Å². The lowest BCUT2D eigenvalue weighted by Gasteiger charge is -2.07. The number of H-pyrrole nitrogens is 1. The van der Waals surface area contributed by atoms with E-state index in [1.165, 1.54) is 5.56 Å². The minimum absolute atomic E-state index is 0.634. The van der Waals surface area contributed by atoms with Crippen molar-refractivity contribution in [3.63, 3.8) is 0 Å². The highest BCUT2D eigenvalue weighted by Crippen LogP contribution is 2.12. The minimum Gasteiger partial charge on any atom is -0.364 e. The van der Waals surface area contributed by atoms with Crippen molar-refractivity contribution in [3.05, 3.63) is 113 Å². The number of aryl methyl sites for hydroxylation is 2. The molecule has 0 bridgehead atoms. The first-order valence-corrected chi connectivity index (χ1v) is 10.0. The molecule has 0 aliphatic carbocycles. The summed E-state index contributed by atoms with van der Waals surface area (Å²) >= 11 is 0. The van der Waals surface area contributed by atoms with Gasteiger partial charge in [0.2, 0.25) is 0 Å². The lowest BCUT2D eigenvalue weighted by atomic mass is 10.1. The Hall–Kier alpha value is -3.91. The maximum Gasteiger partial charge on any atom is 0.126 e. The fourth-order valence-electron chi connectivity index (χ4n) is 3.30. The summed E-state index contributed by atoms with van der Waals surface area (Å²) in [5.74, 6) is 1.77. The van der Waals surface area contributed by atoms with Crippen LogP contribution in [0, 0.1) is 11.3 Å². The molecule has 30 heavy (non-hydrogen) atoms. The molecule has 0 fully saturated rings. The van der Waals surface area contributed by atoms with E-state index in [0.29, 0.717) is 18.5 Å². The number of nitriles is 1. The molecule has 5 heteroatoms. The molecule has 0 atom stereocenters. The van der Waals surface area contributed by atoms with Gasteiger partial charge in [0, 0.05) is 12.1 Å². The maximum absolute atomic E-state index is 8.89. The number of imidazole rings is 1. The van der Waals surface area contributed by atoms with Crippen LogP contribution in [0.2, 0.25) is 0 Å². The van der Waals surface area contributed by atoms with E-state index < -0.39 is 0 Å². The van der Waals surface area contributed by atoms with Gasteiger partial charge in [0.1, 0.15) is 11.6 Å². The molecule has 0 unspecified atom stereocenters. The molecule has 5 nitrogen and oxygen atoms in total. The number of aromatic amines is 1. The largest absolute Gasteiger partial charge is 0.364 e. The SMILES string of the molecule is N#Cc1ccc(Cc2ncc(CNc3cccc(CCc4ccccc4)n3)[nH]2)cc1. The van der Waals surface area contributed by atoms with Gasteiger partial charge in [-0.15, -0.1) is 0 Å². The quantitative estimate of drug-likeness (QED) is 0.456. The molecule has 4 rings (SSSR count). The number of rotatable bonds is 8. The molecule has 2 aromatic heterocycles. The Morgan fingerprint density at radius 1 is 0.867 bits per heavy atom. The van der Waals surface area contributed by atoms with E-state index >= 15 is 0 Å². The topological polar surface area (TPSA) is 77.4 Å². The average molecular weight is 393 g/mol. The first-order valence-electron chi connectivity index (χ1n) is 10.0. The average Bonchev–Trinajstić information content (AvgIpc) is 3.25. The molecule has 0 saturated carbocycles. The molecule has 2 N–H and O–H groups in total. The van der Waals surface area contributed by atoms with Crippen LogP contribution in [0.3, 0.4) is 0 Å². The maximum atomic E-state index is 8.89. The summed E-state index contributed by atoms with van der Waals surface area (Å²) in [6.45, 7) is 0.634. The van der Waals surface area contributed by atoms with Gasteiger partial charge in [-0.25, -0.2) is 9.97 Å². The van der Waals surface area contributed by atoms with Gasteiger partial charge < -0.3 is 10.3 Å². The van der Waals surface area contributed by atoms with Crippen molar-refractivity contribution in [1.82, 2.24) is 15.0 Å². The van der Waals surface area contributed by atoms with E-state index in [1.807, 2.05) is 48.7 Å². The predicted molar refractivity (Wildman–Crippen MR) is 118 cm³/mol. The predicted octanol–water partition coefficient (Wildman–Crippen LogP) is 4.66. The van der Waals surface area contributed by atoms with Crippen LogP contribution in [0.25, 0.3) is 0 Å². The molecule has 0 radical (unpaired) electrons. The van der Waals surface area contributed by atoms with Crippen molar-refractivity contribution in [2.75, 3.05) is 5.32 Å². The molecular weight excluding hydrogens is 370 g/mol. The van der Waals surface area contributed by atoms with Gasteiger partial charge in [-0.1, -0.05) is 48.5 Å². The standard InChI is InChI=1S/C25H23N5/c26-16-21-11-9-20(10-12-21)15-25-28-18-23(30-25)17-27-24-8-4-7-22(29-24)14-13-19-5-2-1-3-6-19/h1-12,18H,13-15,17H2,(H,27,29)(H,28,30). The van der Waals surface area contributed by atoms with Crippen LogP contribution in [-0.4, -0.2) is 15.0 Å². The van der Waals surface area contributed by atoms with Gasteiger partial charge in [-0.2, -0.15) is 5.26 Å². The van der Waals surface area contributed by atoms with Crippen molar-refractivity contribution in [1.29, 1.82) is 5.26 Å². The van der Waals surface area contributed by atoms with Gasteiger partial charge in [0.15, 0.2) is 0 Å². The highest BCUT2D eigenvalue weighted by Gasteiger charge is 2.04. The molecule has 0 amide bonds. The Kier molecular flexibility index (Phi) is 6.16. The zero-order chi connectivity index (χ0) is 20.6. The van der Waals surface area contributed by atoms with Gasteiger partial charge in [-0.05, 0) is 48.2 Å². The van der Waals surface area contributed by atoms with Crippen LogP contribution >= 0.6 is 0 Å². The van der Waals surface area contributed by atoms with E-state index in [-0.39, 0.29) is 0 Å². The third kappa shape index (κ3) is 5.33. The van der Waals surface area contributed by atoms with Gasteiger partial charge in [0.05, 0.1) is 30.1 Å². The van der Waals surface area contributed by atoms with Crippen LogP contribution in [0.4, 0.5) is 5.82 Å². The molecule has 0 aliphatic rings. The number of nitrogens with one attached hydrogen (secondary N) is 2. The summed E-state index contributed by atoms with van der Waals surface area (Å²) in [5.41, 5.74) is 5.20. The number of hydrogen-bond acceptors (Lipinski definition) is 4. The molecule has 0 aliphatic heterocycles. The van der Waals surface area contributed by atoms with Gasteiger partial charge >= 0.3 is 0 Å². The van der Waals surface area contributed by atoms with E-state index in [9.17, 15) is 0 Å². The fourth-order valence-corrected chi connectivity index (χ4v) is 3.30. The lowest BCUT2D eigenvalue weighted by molar-refractivity contribution is 0.909. The number of aromatic nitrogens is 3. The van der Waals surface area contributed by atoms with Crippen LogP contribution in [0.5, 0.6) is 0 Å². The van der Waals surface area contributed by atoms with E-state index in [4.69, 9.17) is 10.2 Å². The zero-order valence-electron chi connectivity index (χ0n) is 16.7. The molecule has 2 heterocycles. The Labute approximate surface area is 176 Å². The normalized spacial score (nSPS) is 10.5. The monoisotopic (exact) mass is 393 g/mol. The Morgan fingerprint density at radius 2 is 1.70 bits per heavy atom. The summed E-state index contributed by atoms with van der Waals surface area (Å²) in [5, 5.41) is 12.3. The molecule has 0 saturated heterocycles. The Balaban J connectivity index is 1.31. The molecule has 148 valence electrons. The van der Waals surface area contributed by atoms with Crippen LogP contribution in [0.1, 0.15) is 33.9 Å². The first kappa shape index (κ1) is 19.4. The van der Waals surface area contributed by atoms with Crippen molar-refractivity contribution >= 4 is 5.82 Å². The highest BCUT2D eigenvalue weighted by atomic mass is 15.0. The van der Waals surface area contributed by atoms with Gasteiger partial charge in [0.25, 0.3) is 0 Å². The number of nitrogens with zero attached hydrogens (tertiary/aromatic N) is 3. The second kappa shape index (κ2) is 9.53. The molecule has 2 aromatic carbocycles. The summed E-state index contributed by atoms with van der Waals surface area (Å²) in [6, 6.07) is 26.3. The van der Waals surface area contributed by atoms with Crippen LogP contribution in [0.15, 0.2) is 79.0 Å². The summed E-state index contributed by atoms with van der Waals surface area (Å²) in [6.07, 6.45) is 4.46. The number of pyridine rings is 1. The Bertz CT molecular complexity index is 1120. The number of anilines is 1. The summed E-state index contributed by atoms with van der Waals surface area (Å²) in [4.78, 5) is 12.5. The molecule has 0 spiro atoms. The Morgan fingerprint density at radius 3 is 2.50 bits per heavy atom. The van der Waals surface area contributed by atoms with Crippen molar-refractivity contribution in [3.8, 4) is 6.07 Å². The van der Waals surface area contributed by atoms with Gasteiger partial charge in [-0.3, -0.25) is 0 Å². The summed E-state index contributed by atoms with van der Waals surface area (Å²) in [7, 11) is 0. The summed E-state index contributed by atoms with van der Waals surface area (Å²) < 4.78 is 0. The van der Waals surface area contributed by atoms with Crippen LogP contribution in [-0.2, 0) is 25.8 Å². The van der Waals surface area contributed by atoms with E-state index in [2.05, 4.69) is 51.7 Å². The van der Waals surface area contributed by atoms with Crippen molar-refractivity contribution < 1.29 is 0 Å². The second-order valence-electron chi connectivity index (χ2n) is 7.19. The fraction of sp³-hybridized carbons (Fsp3) is 0.160. The second-order valence-corrected chi connectivity index (χ2v) is 7.19. The molecule has 4 aromatic rings. The third-order valence-corrected chi connectivity index (χ3v) is 4.92. The van der Waals surface area contributed by atoms with Crippen molar-refractivity contribution in [2.24, 2.45) is 0 Å². The minimum atomic E-state index is 0.634.